The minimum absolute atomic E-state index is 0.176. The molecule has 5 heteroatoms. The Hall–Kier alpha value is -1.68. The van der Waals surface area contributed by atoms with E-state index in [2.05, 4.69) is 4.98 Å². The van der Waals surface area contributed by atoms with Gasteiger partial charge in [0, 0.05) is 16.8 Å². The fourth-order valence-corrected chi connectivity index (χ4v) is 1.78. The van der Waals surface area contributed by atoms with Crippen LogP contribution < -0.4 is 4.74 Å². The molecule has 2 rings (SSSR count). The Kier molecular flexibility index (Phi) is 3.54. The van der Waals surface area contributed by atoms with E-state index in [-0.39, 0.29) is 5.56 Å². The SMILES string of the molecule is O=C(O)c1c(OCCCCl)[nH]c2ccccc12. The molecule has 17 heavy (non-hydrogen) atoms. The number of carboxylic acids is 1. The minimum Gasteiger partial charge on any atom is -0.478 e. The Bertz CT molecular complexity index is 536. The van der Waals surface area contributed by atoms with Crippen molar-refractivity contribution in [2.45, 2.75) is 6.42 Å². The fraction of sp³-hybridized carbons (Fsp3) is 0.250. The number of aromatic nitrogens is 1. The van der Waals surface area contributed by atoms with Gasteiger partial charge in [0.1, 0.15) is 5.56 Å². The summed E-state index contributed by atoms with van der Waals surface area (Å²) in [5.41, 5.74) is 0.931. The van der Waals surface area contributed by atoms with Crippen molar-refractivity contribution in [2.24, 2.45) is 0 Å². The first-order valence-electron chi connectivity index (χ1n) is 5.27. The molecule has 0 aliphatic rings. The molecule has 0 bridgehead atoms. The summed E-state index contributed by atoms with van der Waals surface area (Å²) in [4.78, 5) is 14.2. The molecule has 0 aliphatic carbocycles. The number of fused-ring (bicyclic) bond motifs is 1. The number of benzene rings is 1. The van der Waals surface area contributed by atoms with Gasteiger partial charge in [-0.1, -0.05) is 18.2 Å². The summed E-state index contributed by atoms with van der Waals surface area (Å²) in [6, 6.07) is 7.21. The molecule has 0 amide bonds. The van der Waals surface area contributed by atoms with Crippen LogP contribution in [0.5, 0.6) is 5.88 Å². The molecule has 0 saturated carbocycles. The molecule has 2 aromatic rings. The summed E-state index contributed by atoms with van der Waals surface area (Å²) in [7, 11) is 0. The van der Waals surface area contributed by atoms with E-state index in [1.807, 2.05) is 12.1 Å². The van der Waals surface area contributed by atoms with E-state index in [1.165, 1.54) is 0 Å². The van der Waals surface area contributed by atoms with Gasteiger partial charge in [0.05, 0.1) is 6.61 Å². The van der Waals surface area contributed by atoms with Gasteiger partial charge in [-0.15, -0.1) is 11.6 Å². The summed E-state index contributed by atoms with van der Waals surface area (Å²) in [6.07, 6.45) is 0.677. The number of alkyl halides is 1. The molecule has 1 aromatic heterocycles. The molecule has 4 nitrogen and oxygen atoms in total. The average Bonchev–Trinajstić information content (AvgIpc) is 2.67. The molecule has 0 radical (unpaired) electrons. The molecular weight excluding hydrogens is 242 g/mol. The molecule has 0 atom stereocenters. The predicted octanol–water partition coefficient (Wildman–Crippen LogP) is 2.87. The van der Waals surface area contributed by atoms with Crippen LogP contribution in [-0.4, -0.2) is 28.5 Å². The van der Waals surface area contributed by atoms with Crippen LogP contribution in [-0.2, 0) is 0 Å². The van der Waals surface area contributed by atoms with Crippen molar-refractivity contribution >= 4 is 28.5 Å². The first kappa shape index (κ1) is 11.8. The van der Waals surface area contributed by atoms with Crippen LogP contribution in [0.15, 0.2) is 24.3 Å². The van der Waals surface area contributed by atoms with E-state index in [0.717, 1.165) is 5.52 Å². The van der Waals surface area contributed by atoms with E-state index >= 15 is 0 Å². The summed E-state index contributed by atoms with van der Waals surface area (Å²) in [5, 5.41) is 9.84. The number of carbonyl (C=O) groups is 1. The lowest BCUT2D eigenvalue weighted by Gasteiger charge is -2.03. The third-order valence-corrected chi connectivity index (χ3v) is 2.68. The first-order chi connectivity index (χ1) is 8.24. The number of aromatic carboxylic acids is 1. The topological polar surface area (TPSA) is 62.3 Å². The van der Waals surface area contributed by atoms with Crippen LogP contribution in [0.1, 0.15) is 16.8 Å². The van der Waals surface area contributed by atoms with Crippen LogP contribution in [0.4, 0.5) is 0 Å². The van der Waals surface area contributed by atoms with E-state index in [4.69, 9.17) is 16.3 Å². The molecular formula is C12H12ClNO3. The maximum Gasteiger partial charge on any atom is 0.341 e. The molecule has 0 spiro atoms. The number of hydrogen-bond donors (Lipinski definition) is 2. The smallest absolute Gasteiger partial charge is 0.341 e. The van der Waals surface area contributed by atoms with Gasteiger partial charge in [-0.2, -0.15) is 0 Å². The Labute approximate surface area is 103 Å². The third kappa shape index (κ3) is 2.36. The van der Waals surface area contributed by atoms with Gasteiger partial charge in [0.25, 0.3) is 0 Å². The number of carboxylic acid groups (broad SMARTS) is 1. The van der Waals surface area contributed by atoms with Crippen molar-refractivity contribution in [3.8, 4) is 5.88 Å². The van der Waals surface area contributed by atoms with Crippen LogP contribution in [0.25, 0.3) is 10.9 Å². The fourth-order valence-electron chi connectivity index (χ4n) is 1.67. The summed E-state index contributed by atoms with van der Waals surface area (Å²) >= 11 is 5.54. The molecule has 2 N–H and O–H groups in total. The number of ether oxygens (including phenoxy) is 1. The average molecular weight is 254 g/mol. The maximum absolute atomic E-state index is 11.2. The molecule has 90 valence electrons. The van der Waals surface area contributed by atoms with Crippen molar-refractivity contribution in [1.82, 2.24) is 4.98 Å². The summed E-state index contributed by atoms with van der Waals surface area (Å²) < 4.78 is 5.40. The summed E-state index contributed by atoms with van der Waals surface area (Å²) in [6.45, 7) is 0.399. The van der Waals surface area contributed by atoms with Gasteiger partial charge in [0.15, 0.2) is 0 Å². The maximum atomic E-state index is 11.2. The van der Waals surface area contributed by atoms with Crippen molar-refractivity contribution in [3.63, 3.8) is 0 Å². The monoisotopic (exact) mass is 253 g/mol. The van der Waals surface area contributed by atoms with Crippen molar-refractivity contribution in [2.75, 3.05) is 12.5 Å². The summed E-state index contributed by atoms with van der Waals surface area (Å²) in [5.74, 6) is -0.213. The van der Waals surface area contributed by atoms with E-state index < -0.39 is 5.97 Å². The van der Waals surface area contributed by atoms with Gasteiger partial charge in [-0.05, 0) is 12.5 Å². The highest BCUT2D eigenvalue weighted by Crippen LogP contribution is 2.27. The Morgan fingerprint density at radius 3 is 2.88 bits per heavy atom. The highest BCUT2D eigenvalue weighted by atomic mass is 35.5. The lowest BCUT2D eigenvalue weighted by Crippen LogP contribution is -2.03. The first-order valence-corrected chi connectivity index (χ1v) is 5.80. The highest BCUT2D eigenvalue weighted by Gasteiger charge is 2.18. The minimum atomic E-state index is -0.997. The van der Waals surface area contributed by atoms with Crippen LogP contribution in [0.3, 0.4) is 0 Å². The van der Waals surface area contributed by atoms with Gasteiger partial charge in [-0.3, -0.25) is 0 Å². The van der Waals surface area contributed by atoms with Crippen molar-refractivity contribution < 1.29 is 14.6 Å². The molecule has 0 fully saturated rings. The molecule has 0 unspecified atom stereocenters. The standard InChI is InChI=1S/C12H12ClNO3/c13-6-3-7-17-11-10(12(15)16)8-4-1-2-5-9(8)14-11/h1-2,4-5,14H,3,6-7H2,(H,15,16). The second kappa shape index (κ2) is 5.10. The predicted molar refractivity (Wildman–Crippen MR) is 66.1 cm³/mol. The molecule has 0 saturated heterocycles. The molecule has 1 heterocycles. The van der Waals surface area contributed by atoms with Crippen LogP contribution >= 0.6 is 11.6 Å². The number of halogens is 1. The second-order valence-corrected chi connectivity index (χ2v) is 3.95. The zero-order valence-electron chi connectivity index (χ0n) is 9.07. The van der Waals surface area contributed by atoms with Crippen LogP contribution in [0, 0.1) is 0 Å². The Balaban J connectivity index is 2.39. The van der Waals surface area contributed by atoms with E-state index in [9.17, 15) is 9.90 Å². The highest BCUT2D eigenvalue weighted by molar-refractivity contribution is 6.17. The number of aromatic amines is 1. The number of nitrogens with one attached hydrogen (secondary N) is 1. The molecule has 1 aromatic carbocycles. The number of para-hydroxylation sites is 1. The number of hydrogen-bond acceptors (Lipinski definition) is 2. The van der Waals surface area contributed by atoms with Crippen molar-refractivity contribution in [3.05, 3.63) is 29.8 Å². The zero-order chi connectivity index (χ0) is 12.3. The molecule has 0 aliphatic heterocycles. The van der Waals surface area contributed by atoms with Gasteiger partial charge >= 0.3 is 5.97 Å². The number of H-pyrrole nitrogens is 1. The van der Waals surface area contributed by atoms with Gasteiger partial charge in [-0.25, -0.2) is 4.79 Å². The zero-order valence-corrected chi connectivity index (χ0v) is 9.83. The normalized spacial score (nSPS) is 10.6. The van der Waals surface area contributed by atoms with E-state index in [1.54, 1.807) is 12.1 Å². The van der Waals surface area contributed by atoms with Gasteiger partial charge in [0.2, 0.25) is 5.88 Å². The van der Waals surface area contributed by atoms with Gasteiger partial charge < -0.3 is 14.8 Å². The van der Waals surface area contributed by atoms with Crippen LogP contribution in [0.2, 0.25) is 0 Å². The number of rotatable bonds is 5. The van der Waals surface area contributed by atoms with Crippen molar-refractivity contribution in [1.29, 1.82) is 0 Å². The third-order valence-electron chi connectivity index (χ3n) is 2.41. The quantitative estimate of drug-likeness (QED) is 0.636. The Morgan fingerprint density at radius 1 is 1.41 bits per heavy atom. The second-order valence-electron chi connectivity index (χ2n) is 3.57. The van der Waals surface area contributed by atoms with E-state index in [0.29, 0.717) is 30.2 Å². The lowest BCUT2D eigenvalue weighted by molar-refractivity contribution is 0.0694. The lowest BCUT2D eigenvalue weighted by atomic mass is 10.2. The largest absolute Gasteiger partial charge is 0.478 e. The Morgan fingerprint density at radius 2 is 2.18 bits per heavy atom.